The van der Waals surface area contributed by atoms with E-state index >= 15 is 0 Å². The van der Waals surface area contributed by atoms with Crippen LogP contribution in [0.15, 0.2) is 176 Å². The van der Waals surface area contributed by atoms with Crippen LogP contribution in [0.1, 0.15) is 25.0 Å². The molecule has 0 atom stereocenters. The van der Waals surface area contributed by atoms with Crippen molar-refractivity contribution in [3.05, 3.63) is 187 Å². The Kier molecular flexibility index (Phi) is 7.08. The summed E-state index contributed by atoms with van der Waals surface area (Å²) < 4.78 is 0. The van der Waals surface area contributed by atoms with Crippen molar-refractivity contribution < 1.29 is 0 Å². The lowest BCUT2D eigenvalue weighted by Crippen LogP contribution is -2.25. The van der Waals surface area contributed by atoms with E-state index in [4.69, 9.17) is 15.0 Å². The van der Waals surface area contributed by atoms with E-state index in [1.165, 1.54) is 27.9 Å². The van der Waals surface area contributed by atoms with Crippen LogP contribution in [0.2, 0.25) is 0 Å². The number of nitrogens with zero attached hydrogens (tertiary/aromatic N) is 5. The van der Waals surface area contributed by atoms with E-state index in [1.54, 1.807) is 0 Å². The highest BCUT2D eigenvalue weighted by Crippen LogP contribution is 2.62. The first kappa shape index (κ1) is 30.9. The van der Waals surface area contributed by atoms with Gasteiger partial charge >= 0.3 is 0 Å². The molecular weight excluding hydrogens is 647 g/mol. The summed E-state index contributed by atoms with van der Waals surface area (Å²) >= 11 is 0. The molecule has 53 heavy (non-hydrogen) atoms. The third-order valence-corrected chi connectivity index (χ3v) is 10.6. The summed E-state index contributed by atoms with van der Waals surface area (Å²) in [7, 11) is 0. The lowest BCUT2D eigenvalue weighted by molar-refractivity contribution is 0.660. The minimum Gasteiger partial charge on any atom is -0.306 e. The Hall–Kier alpha value is -6.85. The van der Waals surface area contributed by atoms with Gasteiger partial charge in [-0.1, -0.05) is 141 Å². The average Bonchev–Trinajstić information content (AvgIpc) is 3.46. The van der Waals surface area contributed by atoms with E-state index in [9.17, 15) is 0 Å². The Morgan fingerprint density at radius 3 is 1.49 bits per heavy atom. The molecule has 1 aliphatic carbocycles. The molecule has 2 heterocycles. The van der Waals surface area contributed by atoms with Crippen LogP contribution < -0.4 is 9.80 Å². The molecule has 10 rings (SSSR count). The van der Waals surface area contributed by atoms with Crippen molar-refractivity contribution in [1.82, 2.24) is 15.0 Å². The Bertz CT molecular complexity index is 2580. The molecule has 0 saturated carbocycles. The molecule has 0 amide bonds. The van der Waals surface area contributed by atoms with Crippen LogP contribution in [0.5, 0.6) is 0 Å². The zero-order chi connectivity index (χ0) is 35.5. The maximum absolute atomic E-state index is 5.10. The summed E-state index contributed by atoms with van der Waals surface area (Å²) in [6.45, 7) is 4.69. The molecule has 0 bridgehead atoms. The molecule has 2 aliphatic rings. The standard InChI is InChI=1S/C48H35N5/c1-48(2)38-26-16-15-25-37(38)43-39(48)28-30-41-44(43)53(36-23-13-6-14-24-36)40-29-27-34(31-42(40)52(41)35-21-11-5-12-22-35)47-50-45(32-17-7-3-8-18-32)49-46(51-47)33-19-9-4-10-20-33/h3-31H,1-2H3. The van der Waals surface area contributed by atoms with Crippen molar-refractivity contribution in [2.24, 2.45) is 0 Å². The molecule has 1 aliphatic heterocycles. The second kappa shape index (κ2) is 12.1. The number of aromatic nitrogens is 3. The number of benzene rings is 7. The van der Waals surface area contributed by atoms with Crippen molar-refractivity contribution >= 4 is 34.1 Å². The van der Waals surface area contributed by atoms with E-state index in [-0.39, 0.29) is 5.41 Å². The molecule has 0 N–H and O–H groups in total. The normalized spacial score (nSPS) is 13.5. The SMILES string of the molecule is CC1(C)c2ccccc2-c2c1ccc1c2N(c2ccccc2)c2ccc(-c3nc(-c4ccccc4)nc(-c4ccccc4)n3)cc2N1c1ccccc1. The molecule has 5 nitrogen and oxygen atoms in total. The van der Waals surface area contributed by atoms with Crippen LogP contribution >= 0.6 is 0 Å². The van der Waals surface area contributed by atoms with Crippen molar-refractivity contribution in [2.75, 3.05) is 9.80 Å². The Morgan fingerprint density at radius 1 is 0.396 bits per heavy atom. The molecule has 0 radical (unpaired) electrons. The minimum atomic E-state index is -0.142. The number of para-hydroxylation sites is 2. The van der Waals surface area contributed by atoms with Crippen LogP contribution in [-0.2, 0) is 5.41 Å². The van der Waals surface area contributed by atoms with Crippen LogP contribution in [-0.4, -0.2) is 15.0 Å². The van der Waals surface area contributed by atoms with Crippen molar-refractivity contribution in [3.63, 3.8) is 0 Å². The third kappa shape index (κ3) is 4.96. The van der Waals surface area contributed by atoms with E-state index < -0.39 is 0 Å². The number of anilines is 6. The summed E-state index contributed by atoms with van der Waals surface area (Å²) in [6.07, 6.45) is 0. The number of fused-ring (bicyclic) bond motifs is 6. The summed E-state index contributed by atoms with van der Waals surface area (Å²) in [5.41, 5.74) is 14.5. The maximum atomic E-state index is 5.10. The zero-order valence-electron chi connectivity index (χ0n) is 29.5. The Labute approximate surface area is 309 Å². The second-order valence-corrected chi connectivity index (χ2v) is 14.1. The minimum absolute atomic E-state index is 0.142. The first-order valence-corrected chi connectivity index (χ1v) is 18.1. The van der Waals surface area contributed by atoms with Gasteiger partial charge in [0.2, 0.25) is 0 Å². The maximum Gasteiger partial charge on any atom is 0.164 e. The van der Waals surface area contributed by atoms with E-state index in [0.717, 1.165) is 45.1 Å². The highest BCUT2D eigenvalue weighted by molar-refractivity contribution is 6.09. The van der Waals surface area contributed by atoms with Gasteiger partial charge in [-0.05, 0) is 65.2 Å². The molecule has 8 aromatic rings. The summed E-state index contributed by atoms with van der Waals surface area (Å²) in [5, 5.41) is 0. The molecule has 252 valence electrons. The highest BCUT2D eigenvalue weighted by atomic mass is 15.3. The van der Waals surface area contributed by atoms with Crippen LogP contribution in [0.4, 0.5) is 34.1 Å². The predicted molar refractivity (Wildman–Crippen MR) is 217 cm³/mol. The molecule has 1 aromatic heterocycles. The van der Waals surface area contributed by atoms with E-state index in [1.807, 2.05) is 60.7 Å². The average molecular weight is 682 g/mol. The van der Waals surface area contributed by atoms with Gasteiger partial charge in [0.25, 0.3) is 0 Å². The first-order valence-electron chi connectivity index (χ1n) is 18.1. The molecule has 5 heteroatoms. The fraction of sp³-hybridized carbons (Fsp3) is 0.0625. The molecule has 0 saturated heterocycles. The van der Waals surface area contributed by atoms with Gasteiger partial charge in [-0.2, -0.15) is 0 Å². The fourth-order valence-corrected chi connectivity index (χ4v) is 8.09. The lowest BCUT2D eigenvalue weighted by atomic mass is 9.82. The predicted octanol–water partition coefficient (Wildman–Crippen LogP) is 12.4. The number of rotatable bonds is 5. The lowest BCUT2D eigenvalue weighted by Gasteiger charge is -2.42. The van der Waals surface area contributed by atoms with Gasteiger partial charge in [-0.15, -0.1) is 0 Å². The number of hydrogen-bond acceptors (Lipinski definition) is 5. The second-order valence-electron chi connectivity index (χ2n) is 14.1. The van der Waals surface area contributed by atoms with Crippen LogP contribution in [0.3, 0.4) is 0 Å². The van der Waals surface area contributed by atoms with Crippen LogP contribution in [0.25, 0.3) is 45.3 Å². The van der Waals surface area contributed by atoms with Crippen molar-refractivity contribution in [3.8, 4) is 45.3 Å². The topological polar surface area (TPSA) is 45.2 Å². The largest absolute Gasteiger partial charge is 0.306 e. The van der Waals surface area contributed by atoms with Gasteiger partial charge in [0, 0.05) is 39.0 Å². The van der Waals surface area contributed by atoms with Gasteiger partial charge < -0.3 is 9.80 Å². The van der Waals surface area contributed by atoms with Crippen molar-refractivity contribution in [2.45, 2.75) is 19.3 Å². The Morgan fingerprint density at radius 2 is 0.887 bits per heavy atom. The van der Waals surface area contributed by atoms with Gasteiger partial charge in [-0.3, -0.25) is 0 Å². The molecule has 0 spiro atoms. The van der Waals surface area contributed by atoms with E-state index in [2.05, 4.69) is 139 Å². The van der Waals surface area contributed by atoms with E-state index in [0.29, 0.717) is 17.5 Å². The molecule has 0 unspecified atom stereocenters. The smallest absolute Gasteiger partial charge is 0.164 e. The third-order valence-electron chi connectivity index (χ3n) is 10.6. The molecule has 0 fully saturated rings. The van der Waals surface area contributed by atoms with Gasteiger partial charge in [-0.25, -0.2) is 15.0 Å². The van der Waals surface area contributed by atoms with Crippen LogP contribution in [0, 0.1) is 0 Å². The van der Waals surface area contributed by atoms with Gasteiger partial charge in [0.05, 0.1) is 22.7 Å². The monoisotopic (exact) mass is 681 g/mol. The highest BCUT2D eigenvalue weighted by Gasteiger charge is 2.42. The number of hydrogen-bond donors (Lipinski definition) is 0. The zero-order valence-corrected chi connectivity index (χ0v) is 29.5. The van der Waals surface area contributed by atoms with Crippen molar-refractivity contribution in [1.29, 1.82) is 0 Å². The molecular formula is C48H35N5. The summed E-state index contributed by atoms with van der Waals surface area (Å²) in [5.74, 6) is 1.90. The quantitative estimate of drug-likeness (QED) is 0.181. The van der Waals surface area contributed by atoms with Gasteiger partial charge in [0.15, 0.2) is 17.5 Å². The first-order chi connectivity index (χ1) is 26.1. The van der Waals surface area contributed by atoms with Gasteiger partial charge in [0.1, 0.15) is 0 Å². The summed E-state index contributed by atoms with van der Waals surface area (Å²) in [6, 6.07) is 61.8. The fourth-order valence-electron chi connectivity index (χ4n) is 8.09. The Balaban J connectivity index is 1.25. The molecule has 7 aromatic carbocycles. The summed E-state index contributed by atoms with van der Waals surface area (Å²) in [4.78, 5) is 20.0.